The van der Waals surface area contributed by atoms with Crippen molar-refractivity contribution in [3.8, 4) is 6.01 Å². The van der Waals surface area contributed by atoms with Crippen molar-refractivity contribution >= 4 is 11.6 Å². The molecule has 1 aromatic rings. The Morgan fingerprint density at radius 3 is 2.62 bits per heavy atom. The molecule has 5 nitrogen and oxygen atoms in total. The minimum Gasteiger partial charge on any atom is -0.464 e. The molecule has 5 heteroatoms. The molecular formula is C8H11N3O2. The molecule has 0 spiro atoms. The standard InChI is InChI=1S/C8H11N3O2/c1-3-13-8-9-4-7(5-10-8)11-6(2)12/h4-5H,3H2,1-2H3,(H,11,12). The van der Waals surface area contributed by atoms with E-state index < -0.39 is 0 Å². The SMILES string of the molecule is CCOc1ncc(NC(C)=O)cn1. The zero-order chi connectivity index (χ0) is 9.68. The average Bonchev–Trinajstić information content (AvgIpc) is 2.08. The van der Waals surface area contributed by atoms with Crippen molar-refractivity contribution < 1.29 is 9.53 Å². The highest BCUT2D eigenvalue weighted by atomic mass is 16.5. The van der Waals surface area contributed by atoms with E-state index in [1.54, 1.807) is 0 Å². The van der Waals surface area contributed by atoms with Gasteiger partial charge in [-0.1, -0.05) is 0 Å². The number of carbonyl (C=O) groups is 1. The molecule has 0 aliphatic rings. The van der Waals surface area contributed by atoms with Crippen LogP contribution in [0.1, 0.15) is 13.8 Å². The maximum absolute atomic E-state index is 10.6. The van der Waals surface area contributed by atoms with Crippen LogP contribution in [0.3, 0.4) is 0 Å². The summed E-state index contributed by atoms with van der Waals surface area (Å²) < 4.78 is 5.03. The fraction of sp³-hybridized carbons (Fsp3) is 0.375. The van der Waals surface area contributed by atoms with Gasteiger partial charge in [0.25, 0.3) is 0 Å². The molecule has 1 rings (SSSR count). The van der Waals surface area contributed by atoms with Crippen LogP contribution in [0.2, 0.25) is 0 Å². The Bertz CT molecular complexity index is 284. The van der Waals surface area contributed by atoms with Crippen molar-refractivity contribution in [2.24, 2.45) is 0 Å². The predicted molar refractivity (Wildman–Crippen MR) is 47.5 cm³/mol. The van der Waals surface area contributed by atoms with Gasteiger partial charge in [-0.05, 0) is 6.92 Å². The van der Waals surface area contributed by atoms with Crippen molar-refractivity contribution in [1.82, 2.24) is 9.97 Å². The molecule has 13 heavy (non-hydrogen) atoms. The first-order chi connectivity index (χ1) is 6.22. The fourth-order valence-corrected chi connectivity index (χ4v) is 0.788. The number of nitrogens with one attached hydrogen (secondary N) is 1. The topological polar surface area (TPSA) is 64.1 Å². The van der Waals surface area contributed by atoms with Crippen molar-refractivity contribution in [2.75, 3.05) is 11.9 Å². The molecule has 0 aliphatic carbocycles. The summed E-state index contributed by atoms with van der Waals surface area (Å²) in [6.45, 7) is 3.81. The minimum absolute atomic E-state index is 0.146. The van der Waals surface area contributed by atoms with Gasteiger partial charge < -0.3 is 10.1 Å². The average molecular weight is 181 g/mol. The molecule has 0 unspecified atom stereocenters. The summed E-state index contributed by atoms with van der Waals surface area (Å²) in [5, 5.41) is 2.55. The normalized spacial score (nSPS) is 9.38. The third-order valence-electron chi connectivity index (χ3n) is 1.22. The Morgan fingerprint density at radius 1 is 1.54 bits per heavy atom. The lowest BCUT2D eigenvalue weighted by Crippen LogP contribution is -2.07. The number of carbonyl (C=O) groups excluding carboxylic acids is 1. The summed E-state index contributed by atoms with van der Waals surface area (Å²) in [6, 6.07) is 0.316. The Morgan fingerprint density at radius 2 is 2.15 bits per heavy atom. The maximum atomic E-state index is 10.6. The highest BCUT2D eigenvalue weighted by Crippen LogP contribution is 2.06. The number of amides is 1. The third kappa shape index (κ3) is 3.06. The van der Waals surface area contributed by atoms with Gasteiger partial charge in [0.2, 0.25) is 5.91 Å². The van der Waals surface area contributed by atoms with Gasteiger partial charge >= 0.3 is 6.01 Å². The summed E-state index contributed by atoms with van der Waals surface area (Å²) in [7, 11) is 0. The molecule has 0 atom stereocenters. The van der Waals surface area contributed by atoms with Gasteiger partial charge in [0.1, 0.15) is 0 Å². The maximum Gasteiger partial charge on any atom is 0.316 e. The second-order valence-electron chi connectivity index (χ2n) is 2.37. The minimum atomic E-state index is -0.146. The van der Waals surface area contributed by atoms with E-state index in [1.807, 2.05) is 6.92 Å². The highest BCUT2D eigenvalue weighted by Gasteiger charge is 1.98. The molecule has 0 fully saturated rings. The molecule has 1 aromatic heterocycles. The smallest absolute Gasteiger partial charge is 0.316 e. The van der Waals surface area contributed by atoms with Gasteiger partial charge in [0.05, 0.1) is 24.7 Å². The molecule has 0 aromatic carbocycles. The number of aromatic nitrogens is 2. The lowest BCUT2D eigenvalue weighted by molar-refractivity contribution is -0.114. The summed E-state index contributed by atoms with van der Waals surface area (Å²) in [4.78, 5) is 18.4. The summed E-state index contributed by atoms with van der Waals surface area (Å²) in [6.07, 6.45) is 3.00. The number of hydrogen-bond acceptors (Lipinski definition) is 4. The van der Waals surface area contributed by atoms with Crippen LogP contribution in [0.5, 0.6) is 6.01 Å². The van der Waals surface area contributed by atoms with Crippen molar-refractivity contribution in [1.29, 1.82) is 0 Å². The van der Waals surface area contributed by atoms with E-state index in [4.69, 9.17) is 4.74 Å². The van der Waals surface area contributed by atoms with Crippen LogP contribution in [0, 0.1) is 0 Å². The lowest BCUT2D eigenvalue weighted by Gasteiger charge is -2.02. The van der Waals surface area contributed by atoms with Crippen LogP contribution in [0.4, 0.5) is 5.69 Å². The summed E-state index contributed by atoms with van der Waals surface area (Å²) in [5.41, 5.74) is 0.566. The van der Waals surface area contributed by atoms with Crippen molar-refractivity contribution in [2.45, 2.75) is 13.8 Å². The van der Waals surface area contributed by atoms with Gasteiger partial charge in [-0.3, -0.25) is 4.79 Å². The fourth-order valence-electron chi connectivity index (χ4n) is 0.788. The molecule has 1 N–H and O–H groups in total. The quantitative estimate of drug-likeness (QED) is 0.750. The van der Waals surface area contributed by atoms with Crippen LogP contribution in [0.25, 0.3) is 0 Å². The second kappa shape index (κ2) is 4.39. The van der Waals surface area contributed by atoms with E-state index in [2.05, 4.69) is 15.3 Å². The van der Waals surface area contributed by atoms with E-state index in [1.165, 1.54) is 19.3 Å². The number of ether oxygens (including phenoxy) is 1. The Hall–Kier alpha value is -1.65. The van der Waals surface area contributed by atoms with E-state index >= 15 is 0 Å². The number of rotatable bonds is 3. The molecule has 0 saturated carbocycles. The zero-order valence-electron chi connectivity index (χ0n) is 7.57. The largest absolute Gasteiger partial charge is 0.464 e. The second-order valence-corrected chi connectivity index (χ2v) is 2.37. The first kappa shape index (κ1) is 9.44. The highest BCUT2D eigenvalue weighted by molar-refractivity contribution is 5.88. The van der Waals surface area contributed by atoms with Crippen LogP contribution in [-0.2, 0) is 4.79 Å². The van der Waals surface area contributed by atoms with Gasteiger partial charge in [-0.15, -0.1) is 0 Å². The van der Waals surface area contributed by atoms with Crippen LogP contribution in [0.15, 0.2) is 12.4 Å². The first-order valence-corrected chi connectivity index (χ1v) is 3.94. The number of nitrogens with zero attached hydrogens (tertiary/aromatic N) is 2. The Labute approximate surface area is 76.2 Å². The number of hydrogen-bond donors (Lipinski definition) is 1. The predicted octanol–water partition coefficient (Wildman–Crippen LogP) is 0.834. The van der Waals surface area contributed by atoms with Gasteiger partial charge in [0.15, 0.2) is 0 Å². The zero-order valence-corrected chi connectivity index (χ0v) is 7.57. The van der Waals surface area contributed by atoms with Gasteiger partial charge in [-0.25, -0.2) is 9.97 Å². The van der Waals surface area contributed by atoms with E-state index in [-0.39, 0.29) is 5.91 Å². The summed E-state index contributed by atoms with van der Waals surface area (Å²) in [5.74, 6) is -0.146. The summed E-state index contributed by atoms with van der Waals surface area (Å²) >= 11 is 0. The molecular weight excluding hydrogens is 170 g/mol. The van der Waals surface area contributed by atoms with Gasteiger partial charge in [0, 0.05) is 6.92 Å². The Balaban J connectivity index is 2.64. The van der Waals surface area contributed by atoms with Crippen LogP contribution in [-0.4, -0.2) is 22.5 Å². The van der Waals surface area contributed by atoms with Crippen LogP contribution < -0.4 is 10.1 Å². The molecule has 0 aliphatic heterocycles. The lowest BCUT2D eigenvalue weighted by atomic mass is 10.5. The van der Waals surface area contributed by atoms with E-state index in [9.17, 15) is 4.79 Å². The van der Waals surface area contributed by atoms with Crippen molar-refractivity contribution in [3.05, 3.63) is 12.4 Å². The molecule has 70 valence electrons. The van der Waals surface area contributed by atoms with E-state index in [0.717, 1.165) is 0 Å². The molecule has 0 saturated heterocycles. The third-order valence-corrected chi connectivity index (χ3v) is 1.22. The van der Waals surface area contributed by atoms with Crippen molar-refractivity contribution in [3.63, 3.8) is 0 Å². The van der Waals surface area contributed by atoms with Gasteiger partial charge in [-0.2, -0.15) is 0 Å². The Kier molecular flexibility index (Phi) is 3.19. The molecule has 1 heterocycles. The van der Waals surface area contributed by atoms with E-state index in [0.29, 0.717) is 18.3 Å². The molecule has 1 amide bonds. The molecule has 0 bridgehead atoms. The molecule has 0 radical (unpaired) electrons. The monoisotopic (exact) mass is 181 g/mol. The first-order valence-electron chi connectivity index (χ1n) is 3.94. The number of anilines is 1. The van der Waals surface area contributed by atoms with Crippen LogP contribution >= 0.6 is 0 Å².